The number of nitrogens with zero attached hydrogens (tertiary/aromatic N) is 2. The normalized spacial score (nSPS) is 11.1. The maximum Gasteiger partial charge on any atom is 0.226 e. The van der Waals surface area contributed by atoms with Crippen LogP contribution >= 0.6 is 0 Å². The molecule has 0 aliphatic carbocycles. The van der Waals surface area contributed by atoms with Gasteiger partial charge in [-0.1, -0.05) is 24.6 Å². The van der Waals surface area contributed by atoms with Gasteiger partial charge in [0, 0.05) is 12.1 Å². The van der Waals surface area contributed by atoms with E-state index in [0.29, 0.717) is 5.89 Å². The molecule has 0 saturated heterocycles. The third-order valence-corrected chi connectivity index (χ3v) is 2.89. The van der Waals surface area contributed by atoms with E-state index < -0.39 is 0 Å². The van der Waals surface area contributed by atoms with E-state index >= 15 is 0 Å². The summed E-state index contributed by atoms with van der Waals surface area (Å²) in [4.78, 5) is 6.77. The minimum atomic E-state index is 0.704. The Hall–Kier alpha value is -1.61. The van der Waals surface area contributed by atoms with E-state index in [1.807, 2.05) is 12.1 Å². The van der Waals surface area contributed by atoms with Crippen LogP contribution in [-0.2, 0) is 6.54 Å². The van der Waals surface area contributed by atoms with Gasteiger partial charge in [-0.25, -0.2) is 4.98 Å². The Labute approximate surface area is 108 Å². The van der Waals surface area contributed by atoms with Crippen LogP contribution in [0.4, 0.5) is 0 Å². The van der Waals surface area contributed by atoms with Gasteiger partial charge in [-0.05, 0) is 39.1 Å². The Morgan fingerprint density at radius 2 is 1.94 bits per heavy atom. The van der Waals surface area contributed by atoms with Gasteiger partial charge in [0.05, 0.1) is 5.69 Å². The van der Waals surface area contributed by atoms with Gasteiger partial charge in [0.15, 0.2) is 0 Å². The zero-order chi connectivity index (χ0) is 13.0. The van der Waals surface area contributed by atoms with Crippen molar-refractivity contribution in [2.45, 2.75) is 26.8 Å². The molecule has 3 heteroatoms. The van der Waals surface area contributed by atoms with Gasteiger partial charge < -0.3 is 9.32 Å². The summed E-state index contributed by atoms with van der Waals surface area (Å²) in [7, 11) is 2.10. The smallest absolute Gasteiger partial charge is 0.226 e. The van der Waals surface area contributed by atoms with Crippen LogP contribution < -0.4 is 0 Å². The van der Waals surface area contributed by atoms with Crippen molar-refractivity contribution in [2.24, 2.45) is 0 Å². The molecular weight excluding hydrogens is 224 g/mol. The van der Waals surface area contributed by atoms with Crippen LogP contribution in [0.3, 0.4) is 0 Å². The second kappa shape index (κ2) is 5.83. The highest BCUT2D eigenvalue weighted by Gasteiger charge is 2.08. The van der Waals surface area contributed by atoms with E-state index in [4.69, 9.17) is 4.42 Å². The maximum atomic E-state index is 5.53. The molecule has 0 spiro atoms. The van der Waals surface area contributed by atoms with Crippen molar-refractivity contribution in [2.75, 3.05) is 13.6 Å². The number of benzene rings is 1. The van der Waals surface area contributed by atoms with Gasteiger partial charge >= 0.3 is 0 Å². The van der Waals surface area contributed by atoms with Gasteiger partial charge in [0.25, 0.3) is 0 Å². The van der Waals surface area contributed by atoms with Crippen LogP contribution in [0, 0.1) is 6.92 Å². The lowest BCUT2D eigenvalue weighted by Crippen LogP contribution is -2.18. The van der Waals surface area contributed by atoms with Gasteiger partial charge in [-0.2, -0.15) is 0 Å². The zero-order valence-corrected chi connectivity index (χ0v) is 11.3. The summed E-state index contributed by atoms with van der Waals surface area (Å²) in [5.74, 6) is 0.704. The maximum absolute atomic E-state index is 5.53. The Balaban J connectivity index is 2.08. The molecule has 1 heterocycles. The zero-order valence-electron chi connectivity index (χ0n) is 11.3. The number of hydrogen-bond acceptors (Lipinski definition) is 3. The first-order chi connectivity index (χ1) is 8.69. The summed E-state index contributed by atoms with van der Waals surface area (Å²) in [6.07, 6.45) is 2.90. The molecule has 1 aromatic heterocycles. The van der Waals surface area contributed by atoms with E-state index in [1.54, 1.807) is 6.26 Å². The molecule has 0 aliphatic heterocycles. The molecule has 0 atom stereocenters. The van der Waals surface area contributed by atoms with Crippen molar-refractivity contribution < 1.29 is 4.42 Å². The fraction of sp³-hybridized carbons (Fsp3) is 0.400. The Kier molecular flexibility index (Phi) is 4.15. The SMILES string of the molecule is CCCN(C)Cc1coc(-c2ccc(C)cc2)n1. The first-order valence-electron chi connectivity index (χ1n) is 6.39. The molecule has 3 nitrogen and oxygen atoms in total. The van der Waals surface area contributed by atoms with Crippen molar-refractivity contribution in [1.82, 2.24) is 9.88 Å². The van der Waals surface area contributed by atoms with Crippen LogP contribution in [0.25, 0.3) is 11.5 Å². The number of aromatic nitrogens is 1. The molecule has 0 N–H and O–H groups in total. The number of aryl methyl sites for hydroxylation is 1. The quantitative estimate of drug-likeness (QED) is 0.806. The van der Waals surface area contributed by atoms with E-state index in [2.05, 4.69) is 42.9 Å². The number of oxazole rings is 1. The second-order valence-corrected chi connectivity index (χ2v) is 4.75. The van der Waals surface area contributed by atoms with E-state index in [-0.39, 0.29) is 0 Å². The highest BCUT2D eigenvalue weighted by Crippen LogP contribution is 2.19. The topological polar surface area (TPSA) is 29.3 Å². The van der Waals surface area contributed by atoms with Gasteiger partial charge in [0.1, 0.15) is 6.26 Å². The first-order valence-corrected chi connectivity index (χ1v) is 6.39. The van der Waals surface area contributed by atoms with Crippen molar-refractivity contribution in [3.05, 3.63) is 41.8 Å². The third-order valence-electron chi connectivity index (χ3n) is 2.89. The minimum Gasteiger partial charge on any atom is -0.444 e. The summed E-state index contributed by atoms with van der Waals surface area (Å²) >= 11 is 0. The van der Waals surface area contributed by atoms with Crippen LogP contribution in [0.1, 0.15) is 24.6 Å². The lowest BCUT2D eigenvalue weighted by atomic mass is 10.1. The lowest BCUT2D eigenvalue weighted by molar-refractivity contribution is 0.323. The van der Waals surface area contributed by atoms with Crippen LogP contribution in [-0.4, -0.2) is 23.5 Å². The van der Waals surface area contributed by atoms with Gasteiger partial charge in [-0.15, -0.1) is 0 Å². The first kappa shape index (κ1) is 12.8. The molecule has 1 aromatic carbocycles. The third kappa shape index (κ3) is 3.20. The van der Waals surface area contributed by atoms with Crippen LogP contribution in [0.2, 0.25) is 0 Å². The fourth-order valence-corrected chi connectivity index (χ4v) is 1.95. The summed E-state index contributed by atoms with van der Waals surface area (Å²) in [6, 6.07) is 8.23. The molecule has 96 valence electrons. The summed E-state index contributed by atoms with van der Waals surface area (Å²) in [5.41, 5.74) is 3.26. The van der Waals surface area contributed by atoms with E-state index in [1.165, 1.54) is 5.56 Å². The van der Waals surface area contributed by atoms with E-state index in [9.17, 15) is 0 Å². The van der Waals surface area contributed by atoms with Crippen molar-refractivity contribution in [3.8, 4) is 11.5 Å². The van der Waals surface area contributed by atoms with Gasteiger partial charge in [0.2, 0.25) is 5.89 Å². The molecule has 0 amide bonds. The van der Waals surface area contributed by atoms with E-state index in [0.717, 1.165) is 30.8 Å². The summed E-state index contributed by atoms with van der Waals surface area (Å²) in [6.45, 7) is 6.16. The monoisotopic (exact) mass is 244 g/mol. The predicted molar refractivity (Wildman–Crippen MR) is 73.3 cm³/mol. The molecule has 0 aliphatic rings. The largest absolute Gasteiger partial charge is 0.444 e. The summed E-state index contributed by atoms with van der Waals surface area (Å²) < 4.78 is 5.53. The van der Waals surface area contributed by atoms with Crippen molar-refractivity contribution in [3.63, 3.8) is 0 Å². The van der Waals surface area contributed by atoms with Crippen molar-refractivity contribution in [1.29, 1.82) is 0 Å². The Morgan fingerprint density at radius 1 is 1.22 bits per heavy atom. The average molecular weight is 244 g/mol. The lowest BCUT2D eigenvalue weighted by Gasteiger charge is -2.12. The molecule has 2 rings (SSSR count). The molecule has 0 fully saturated rings. The highest BCUT2D eigenvalue weighted by molar-refractivity contribution is 5.53. The molecule has 0 radical (unpaired) electrons. The molecule has 0 saturated carbocycles. The van der Waals surface area contributed by atoms with Crippen LogP contribution in [0.5, 0.6) is 0 Å². The predicted octanol–water partition coefficient (Wildman–Crippen LogP) is 3.49. The summed E-state index contributed by atoms with van der Waals surface area (Å²) in [5, 5.41) is 0. The molecule has 0 bridgehead atoms. The minimum absolute atomic E-state index is 0.704. The fourth-order valence-electron chi connectivity index (χ4n) is 1.95. The Morgan fingerprint density at radius 3 is 2.61 bits per heavy atom. The van der Waals surface area contributed by atoms with Gasteiger partial charge in [-0.3, -0.25) is 0 Å². The molecule has 0 unspecified atom stereocenters. The number of hydrogen-bond donors (Lipinski definition) is 0. The van der Waals surface area contributed by atoms with Crippen LogP contribution in [0.15, 0.2) is 34.9 Å². The molecular formula is C15H20N2O. The standard InChI is InChI=1S/C15H20N2O/c1-4-9-17(3)10-14-11-18-15(16-14)13-7-5-12(2)6-8-13/h5-8,11H,4,9-10H2,1-3H3. The highest BCUT2D eigenvalue weighted by atomic mass is 16.3. The average Bonchev–Trinajstić information content (AvgIpc) is 2.78. The number of rotatable bonds is 5. The molecule has 18 heavy (non-hydrogen) atoms. The van der Waals surface area contributed by atoms with Crippen molar-refractivity contribution >= 4 is 0 Å². The second-order valence-electron chi connectivity index (χ2n) is 4.75. The Bertz CT molecular complexity index is 487. The molecule has 2 aromatic rings.